The van der Waals surface area contributed by atoms with Gasteiger partial charge in [0.15, 0.2) is 0 Å². The quantitative estimate of drug-likeness (QED) is 0.566. The molecule has 140 valence electrons. The van der Waals surface area contributed by atoms with Gasteiger partial charge in [0, 0.05) is 25.8 Å². The molecule has 0 saturated heterocycles. The minimum atomic E-state index is -3.72. The van der Waals surface area contributed by atoms with Gasteiger partial charge in [0.1, 0.15) is 0 Å². The highest BCUT2D eigenvalue weighted by Gasteiger charge is 2.16. The van der Waals surface area contributed by atoms with Gasteiger partial charge >= 0.3 is 0 Å². The van der Waals surface area contributed by atoms with Crippen LogP contribution in [-0.2, 0) is 14.8 Å². The third kappa shape index (κ3) is 5.63. The van der Waals surface area contributed by atoms with Crippen LogP contribution in [0.5, 0.6) is 0 Å². The number of hydrogen-bond donors (Lipinski definition) is 3. The molecule has 0 radical (unpaired) electrons. The Hall–Kier alpha value is -2.26. The number of methoxy groups -OCH3 is 1. The zero-order valence-electron chi connectivity index (χ0n) is 14.4. The molecule has 0 aliphatic rings. The molecule has 0 heterocycles. The topological polar surface area (TPSA) is 105 Å². The number of carbonyl (C=O) groups is 1. The fraction of sp³-hybridized carbons (Fsp3) is 0.278. The normalized spacial score (nSPS) is 12.5. The van der Waals surface area contributed by atoms with Gasteiger partial charge < -0.3 is 15.2 Å². The van der Waals surface area contributed by atoms with E-state index in [9.17, 15) is 18.3 Å². The number of nitrogens with one attached hydrogen (secondary N) is 2. The van der Waals surface area contributed by atoms with E-state index in [1.54, 1.807) is 24.3 Å². The summed E-state index contributed by atoms with van der Waals surface area (Å²) in [4.78, 5) is 12.3. The maximum absolute atomic E-state index is 12.3. The SMILES string of the molecule is COCCNS(=O)(=O)c1cccc(C(=O)NCC(O)c2ccccc2)c1. The average molecular weight is 378 g/mol. The first-order valence-corrected chi connectivity index (χ1v) is 9.52. The van der Waals surface area contributed by atoms with Crippen molar-refractivity contribution < 1.29 is 23.1 Å². The van der Waals surface area contributed by atoms with Crippen LogP contribution in [0.15, 0.2) is 59.5 Å². The van der Waals surface area contributed by atoms with Crippen LogP contribution in [0.2, 0.25) is 0 Å². The molecule has 0 aliphatic heterocycles. The fourth-order valence-electron chi connectivity index (χ4n) is 2.25. The van der Waals surface area contributed by atoms with Gasteiger partial charge in [-0.3, -0.25) is 4.79 Å². The molecule has 26 heavy (non-hydrogen) atoms. The number of ether oxygens (including phenoxy) is 1. The number of aliphatic hydroxyl groups excluding tert-OH is 1. The summed E-state index contributed by atoms with van der Waals surface area (Å²) in [5.41, 5.74) is 0.881. The Morgan fingerprint density at radius 3 is 2.58 bits per heavy atom. The lowest BCUT2D eigenvalue weighted by Crippen LogP contribution is -2.29. The van der Waals surface area contributed by atoms with Crippen LogP contribution in [0.25, 0.3) is 0 Å². The summed E-state index contributed by atoms with van der Waals surface area (Å²) in [5, 5.41) is 12.7. The Morgan fingerprint density at radius 1 is 1.15 bits per heavy atom. The molecule has 0 aromatic heterocycles. The summed E-state index contributed by atoms with van der Waals surface area (Å²) >= 11 is 0. The van der Waals surface area contributed by atoms with Crippen LogP contribution in [0, 0.1) is 0 Å². The van der Waals surface area contributed by atoms with Crippen molar-refractivity contribution in [2.45, 2.75) is 11.0 Å². The van der Waals surface area contributed by atoms with E-state index < -0.39 is 22.0 Å². The number of hydrogen-bond acceptors (Lipinski definition) is 5. The zero-order chi connectivity index (χ0) is 19.0. The van der Waals surface area contributed by atoms with E-state index in [4.69, 9.17) is 4.74 Å². The van der Waals surface area contributed by atoms with Gasteiger partial charge in [0.2, 0.25) is 10.0 Å². The second-order valence-electron chi connectivity index (χ2n) is 5.55. The lowest BCUT2D eigenvalue weighted by Gasteiger charge is -2.13. The fourth-order valence-corrected chi connectivity index (χ4v) is 3.31. The second kappa shape index (κ2) is 9.44. The predicted octanol–water partition coefficient (Wildman–Crippen LogP) is 1.07. The van der Waals surface area contributed by atoms with E-state index in [2.05, 4.69) is 10.0 Å². The van der Waals surface area contributed by atoms with Crippen LogP contribution >= 0.6 is 0 Å². The summed E-state index contributed by atoms with van der Waals surface area (Å²) in [6.45, 7) is 0.404. The molecule has 7 nitrogen and oxygen atoms in total. The average Bonchev–Trinajstić information content (AvgIpc) is 2.66. The van der Waals surface area contributed by atoms with Gasteiger partial charge in [-0.15, -0.1) is 0 Å². The Bertz CT molecular complexity index is 824. The summed E-state index contributed by atoms with van der Waals surface area (Å²) < 4.78 is 31.6. The summed E-state index contributed by atoms with van der Waals surface area (Å²) in [7, 11) is -2.25. The van der Waals surface area contributed by atoms with E-state index in [1.165, 1.54) is 31.4 Å². The van der Waals surface area contributed by atoms with Crippen LogP contribution in [-0.4, -0.2) is 46.2 Å². The van der Waals surface area contributed by atoms with Crippen molar-refractivity contribution in [3.8, 4) is 0 Å². The molecular weight excluding hydrogens is 356 g/mol. The van der Waals surface area contributed by atoms with Gasteiger partial charge in [0.25, 0.3) is 5.91 Å². The van der Waals surface area contributed by atoms with E-state index >= 15 is 0 Å². The lowest BCUT2D eigenvalue weighted by atomic mass is 10.1. The first kappa shape index (κ1) is 20.1. The molecule has 0 bridgehead atoms. The largest absolute Gasteiger partial charge is 0.387 e. The molecular formula is C18H22N2O5S. The molecule has 1 atom stereocenters. The maximum atomic E-state index is 12.3. The van der Waals surface area contributed by atoms with E-state index in [0.717, 1.165) is 0 Å². The Morgan fingerprint density at radius 2 is 1.88 bits per heavy atom. The minimum Gasteiger partial charge on any atom is -0.387 e. The molecule has 2 aromatic rings. The van der Waals surface area contributed by atoms with Crippen LogP contribution < -0.4 is 10.0 Å². The molecule has 0 saturated carbocycles. The second-order valence-corrected chi connectivity index (χ2v) is 7.32. The Labute approximate surface area is 153 Å². The monoisotopic (exact) mass is 378 g/mol. The molecule has 1 amide bonds. The predicted molar refractivity (Wildman–Crippen MR) is 97.2 cm³/mol. The van der Waals surface area contributed by atoms with E-state index in [1.807, 2.05) is 6.07 Å². The maximum Gasteiger partial charge on any atom is 0.251 e. The lowest BCUT2D eigenvalue weighted by molar-refractivity contribution is 0.0916. The van der Waals surface area contributed by atoms with Crippen molar-refractivity contribution in [2.75, 3.05) is 26.8 Å². The number of carbonyl (C=O) groups excluding carboxylic acids is 1. The Kier molecular flexibility index (Phi) is 7.28. The highest BCUT2D eigenvalue weighted by molar-refractivity contribution is 7.89. The van der Waals surface area contributed by atoms with Gasteiger partial charge in [-0.2, -0.15) is 0 Å². The molecule has 0 spiro atoms. The number of rotatable bonds is 9. The number of sulfonamides is 1. The third-order valence-corrected chi connectivity index (χ3v) is 5.10. The van der Waals surface area contributed by atoms with Crippen LogP contribution in [0.4, 0.5) is 0 Å². The van der Waals surface area contributed by atoms with Crippen LogP contribution in [0.3, 0.4) is 0 Å². The van der Waals surface area contributed by atoms with E-state index in [0.29, 0.717) is 5.56 Å². The van der Waals surface area contributed by atoms with Gasteiger partial charge in [-0.1, -0.05) is 36.4 Å². The first-order valence-electron chi connectivity index (χ1n) is 8.04. The molecule has 1 unspecified atom stereocenters. The zero-order valence-corrected chi connectivity index (χ0v) is 15.2. The Balaban J connectivity index is 2.01. The highest BCUT2D eigenvalue weighted by atomic mass is 32.2. The van der Waals surface area contributed by atoms with Crippen molar-refractivity contribution in [3.63, 3.8) is 0 Å². The van der Waals surface area contributed by atoms with Crippen molar-refractivity contribution in [1.82, 2.24) is 10.0 Å². The molecule has 3 N–H and O–H groups in total. The van der Waals surface area contributed by atoms with Crippen molar-refractivity contribution in [3.05, 3.63) is 65.7 Å². The van der Waals surface area contributed by atoms with Crippen LogP contribution in [0.1, 0.15) is 22.0 Å². The number of aliphatic hydroxyl groups is 1. The highest BCUT2D eigenvalue weighted by Crippen LogP contribution is 2.13. The molecule has 0 fully saturated rings. The van der Waals surface area contributed by atoms with Crippen molar-refractivity contribution in [1.29, 1.82) is 0 Å². The molecule has 0 aliphatic carbocycles. The van der Waals surface area contributed by atoms with Gasteiger partial charge in [-0.25, -0.2) is 13.1 Å². The van der Waals surface area contributed by atoms with E-state index in [-0.39, 0.29) is 30.2 Å². The van der Waals surface area contributed by atoms with Crippen molar-refractivity contribution in [2.24, 2.45) is 0 Å². The standard InChI is InChI=1S/C18H22N2O5S/c1-25-11-10-20-26(23,24)16-9-5-8-15(12-16)18(22)19-13-17(21)14-6-3-2-4-7-14/h2-9,12,17,20-21H,10-11,13H2,1H3,(H,19,22). The smallest absolute Gasteiger partial charge is 0.251 e. The van der Waals surface area contributed by atoms with Crippen molar-refractivity contribution >= 4 is 15.9 Å². The first-order chi connectivity index (χ1) is 12.4. The summed E-state index contributed by atoms with van der Waals surface area (Å²) in [5.74, 6) is -0.464. The summed E-state index contributed by atoms with van der Waals surface area (Å²) in [6, 6.07) is 14.7. The third-order valence-electron chi connectivity index (χ3n) is 3.65. The number of amides is 1. The molecule has 2 rings (SSSR count). The molecule has 2 aromatic carbocycles. The van der Waals surface area contributed by atoms with Gasteiger partial charge in [0.05, 0.1) is 17.6 Å². The minimum absolute atomic E-state index is 0.00939. The van der Waals surface area contributed by atoms with Gasteiger partial charge in [-0.05, 0) is 23.8 Å². The summed E-state index contributed by atoms with van der Waals surface area (Å²) in [6.07, 6.45) is -0.845. The number of benzene rings is 2. The molecule has 8 heteroatoms.